The topological polar surface area (TPSA) is 87.5 Å². The highest BCUT2D eigenvalue weighted by molar-refractivity contribution is 7.98. The molecule has 3 aromatic rings. The molecule has 0 saturated carbocycles. The number of carbonyl (C=O) groups is 1. The molecule has 0 spiro atoms. The molecule has 2 aromatic heterocycles. The van der Waals surface area contributed by atoms with E-state index in [1.165, 1.54) is 11.8 Å². The minimum absolute atomic E-state index is 0.165. The number of anilines is 1. The highest BCUT2D eigenvalue weighted by Crippen LogP contribution is 2.39. The molecule has 4 rings (SSSR count). The Bertz CT molecular complexity index is 1100. The minimum Gasteiger partial charge on any atom is -0.486 e. The van der Waals surface area contributed by atoms with Crippen LogP contribution in [-0.2, 0) is 11.8 Å². The lowest BCUT2D eigenvalue weighted by Gasteiger charge is -2.21. The van der Waals surface area contributed by atoms with Crippen molar-refractivity contribution < 1.29 is 19.0 Å². The number of thioether (sulfide) groups is 1. The second-order valence-electron chi connectivity index (χ2n) is 6.74. The highest BCUT2D eigenvalue weighted by Gasteiger charge is 2.19. The number of ether oxygens (including phenoxy) is 3. The third kappa shape index (κ3) is 3.82. The van der Waals surface area contributed by atoms with E-state index < -0.39 is 0 Å². The van der Waals surface area contributed by atoms with Crippen LogP contribution >= 0.6 is 11.8 Å². The molecule has 1 aliphatic rings. The Kier molecular flexibility index (Phi) is 5.23. The van der Waals surface area contributed by atoms with Gasteiger partial charge < -0.3 is 19.5 Å². The SMILES string of the molecule is CSc1cc2c(cc1NC(=O)COc1nn(C)c3nc(C)cc(C)c13)OCCO2. The second kappa shape index (κ2) is 7.82. The first-order chi connectivity index (χ1) is 14.0. The largest absolute Gasteiger partial charge is 0.486 e. The molecular weight excluding hydrogens is 392 g/mol. The fraction of sp³-hybridized carbons (Fsp3) is 0.350. The van der Waals surface area contributed by atoms with Crippen LogP contribution in [0.4, 0.5) is 5.69 Å². The van der Waals surface area contributed by atoms with Crippen LogP contribution in [0.1, 0.15) is 11.3 Å². The zero-order valence-electron chi connectivity index (χ0n) is 16.7. The first-order valence-electron chi connectivity index (χ1n) is 9.17. The van der Waals surface area contributed by atoms with Gasteiger partial charge in [0.15, 0.2) is 23.8 Å². The Hall–Kier alpha value is -2.94. The summed E-state index contributed by atoms with van der Waals surface area (Å²) in [7, 11) is 1.81. The van der Waals surface area contributed by atoms with Crippen LogP contribution < -0.4 is 19.5 Å². The summed E-state index contributed by atoms with van der Waals surface area (Å²) in [4.78, 5) is 17.9. The molecule has 0 saturated heterocycles. The molecule has 0 bridgehead atoms. The van der Waals surface area contributed by atoms with E-state index >= 15 is 0 Å². The maximum absolute atomic E-state index is 12.5. The zero-order valence-corrected chi connectivity index (χ0v) is 17.6. The molecule has 0 atom stereocenters. The van der Waals surface area contributed by atoms with Crippen LogP contribution in [0.25, 0.3) is 11.0 Å². The molecule has 1 aromatic carbocycles. The fourth-order valence-corrected chi connectivity index (χ4v) is 3.86. The van der Waals surface area contributed by atoms with Crippen molar-refractivity contribution in [2.75, 3.05) is 31.4 Å². The van der Waals surface area contributed by atoms with Gasteiger partial charge in [-0.25, -0.2) is 9.67 Å². The van der Waals surface area contributed by atoms with Crippen LogP contribution in [0.3, 0.4) is 0 Å². The zero-order chi connectivity index (χ0) is 20.5. The number of aryl methyl sites for hydroxylation is 3. The summed E-state index contributed by atoms with van der Waals surface area (Å²) >= 11 is 1.52. The summed E-state index contributed by atoms with van der Waals surface area (Å²) < 4.78 is 18.6. The molecule has 3 heterocycles. The smallest absolute Gasteiger partial charge is 0.262 e. The van der Waals surface area contributed by atoms with Gasteiger partial charge in [-0.1, -0.05) is 0 Å². The second-order valence-corrected chi connectivity index (χ2v) is 7.59. The molecule has 0 fully saturated rings. The Morgan fingerprint density at radius 1 is 1.24 bits per heavy atom. The third-order valence-corrected chi connectivity index (χ3v) is 5.34. The standard InChI is InChI=1S/C20H22N4O4S/c1-11-7-12(2)21-19-18(11)20(23-24(19)3)28-10-17(25)22-13-8-14-15(9-16(13)29-4)27-6-5-26-14/h7-9H,5-6,10H2,1-4H3,(H,22,25). The summed E-state index contributed by atoms with van der Waals surface area (Å²) in [6, 6.07) is 5.63. The summed E-state index contributed by atoms with van der Waals surface area (Å²) in [5.74, 6) is 1.43. The lowest BCUT2D eigenvalue weighted by molar-refractivity contribution is -0.118. The lowest BCUT2D eigenvalue weighted by atomic mass is 10.2. The number of hydrogen-bond acceptors (Lipinski definition) is 7. The van der Waals surface area contributed by atoms with Crippen LogP contribution in [0.15, 0.2) is 23.1 Å². The average Bonchev–Trinajstić information content (AvgIpc) is 3.01. The summed E-state index contributed by atoms with van der Waals surface area (Å²) in [5.41, 5.74) is 3.31. The first-order valence-corrected chi connectivity index (χ1v) is 10.4. The molecule has 0 aliphatic carbocycles. The van der Waals surface area contributed by atoms with Gasteiger partial charge in [0.1, 0.15) is 13.2 Å². The third-order valence-electron chi connectivity index (χ3n) is 4.57. The number of rotatable bonds is 5. The number of nitrogens with zero attached hydrogens (tertiary/aromatic N) is 3. The number of pyridine rings is 1. The number of nitrogens with one attached hydrogen (secondary N) is 1. The van der Waals surface area contributed by atoms with Crippen molar-refractivity contribution in [3.8, 4) is 17.4 Å². The van der Waals surface area contributed by atoms with Gasteiger partial charge in [0, 0.05) is 23.7 Å². The summed E-state index contributed by atoms with van der Waals surface area (Å²) in [5, 5.41) is 8.08. The Morgan fingerprint density at radius 3 is 2.69 bits per heavy atom. The van der Waals surface area contributed by atoms with Crippen molar-refractivity contribution in [1.82, 2.24) is 14.8 Å². The average molecular weight is 414 g/mol. The molecule has 9 heteroatoms. The van der Waals surface area contributed by atoms with E-state index in [4.69, 9.17) is 14.2 Å². The molecular formula is C20H22N4O4S. The number of carbonyl (C=O) groups excluding carboxylic acids is 1. The number of aromatic nitrogens is 3. The maximum Gasteiger partial charge on any atom is 0.262 e. The first kappa shape index (κ1) is 19.4. The monoisotopic (exact) mass is 414 g/mol. The predicted octanol–water partition coefficient (Wildman–Crippen LogP) is 3.10. The van der Waals surface area contributed by atoms with Crippen molar-refractivity contribution in [3.63, 3.8) is 0 Å². The maximum atomic E-state index is 12.5. The number of hydrogen-bond donors (Lipinski definition) is 1. The van der Waals surface area contributed by atoms with Gasteiger partial charge >= 0.3 is 0 Å². The molecule has 1 aliphatic heterocycles. The predicted molar refractivity (Wildman–Crippen MR) is 111 cm³/mol. The van der Waals surface area contributed by atoms with Crippen LogP contribution in [0.2, 0.25) is 0 Å². The van der Waals surface area contributed by atoms with E-state index in [2.05, 4.69) is 15.4 Å². The van der Waals surface area contributed by atoms with Gasteiger partial charge in [0.2, 0.25) is 5.88 Å². The molecule has 29 heavy (non-hydrogen) atoms. The van der Waals surface area contributed by atoms with Crippen LogP contribution in [-0.4, -0.2) is 46.7 Å². The Labute approximate surface area is 172 Å². The fourth-order valence-electron chi connectivity index (χ4n) is 3.31. The van der Waals surface area contributed by atoms with Gasteiger partial charge in [-0.2, -0.15) is 0 Å². The quantitative estimate of drug-likeness (QED) is 0.642. The van der Waals surface area contributed by atoms with Crippen molar-refractivity contribution in [1.29, 1.82) is 0 Å². The van der Waals surface area contributed by atoms with Crippen molar-refractivity contribution in [2.45, 2.75) is 18.7 Å². The Balaban J connectivity index is 1.51. The van der Waals surface area contributed by atoms with Gasteiger partial charge in [0.25, 0.3) is 5.91 Å². The van der Waals surface area contributed by atoms with Gasteiger partial charge in [-0.05, 0) is 37.8 Å². The summed E-state index contributed by atoms with van der Waals surface area (Å²) in [6.07, 6.45) is 1.94. The number of benzene rings is 1. The van der Waals surface area contributed by atoms with E-state index in [-0.39, 0.29) is 12.5 Å². The van der Waals surface area contributed by atoms with Crippen molar-refractivity contribution in [3.05, 3.63) is 29.5 Å². The number of fused-ring (bicyclic) bond motifs is 2. The van der Waals surface area contributed by atoms with Crippen LogP contribution in [0, 0.1) is 13.8 Å². The van der Waals surface area contributed by atoms with Crippen LogP contribution in [0.5, 0.6) is 17.4 Å². The van der Waals surface area contributed by atoms with E-state index in [0.29, 0.717) is 36.3 Å². The molecule has 8 nitrogen and oxygen atoms in total. The van der Waals surface area contributed by atoms with E-state index in [1.54, 1.807) is 17.8 Å². The summed E-state index contributed by atoms with van der Waals surface area (Å²) in [6.45, 7) is 4.76. The minimum atomic E-state index is -0.284. The normalized spacial score (nSPS) is 12.8. The van der Waals surface area contributed by atoms with E-state index in [1.807, 2.05) is 32.2 Å². The molecule has 0 unspecified atom stereocenters. The van der Waals surface area contributed by atoms with Gasteiger partial charge in [-0.15, -0.1) is 16.9 Å². The molecule has 0 radical (unpaired) electrons. The molecule has 1 N–H and O–H groups in total. The molecule has 152 valence electrons. The van der Waals surface area contributed by atoms with Gasteiger partial charge in [0.05, 0.1) is 11.1 Å². The lowest BCUT2D eigenvalue weighted by Crippen LogP contribution is -2.21. The number of amides is 1. The van der Waals surface area contributed by atoms with Gasteiger partial charge in [-0.3, -0.25) is 4.79 Å². The van der Waals surface area contributed by atoms with E-state index in [0.717, 1.165) is 27.2 Å². The highest BCUT2D eigenvalue weighted by atomic mass is 32.2. The van der Waals surface area contributed by atoms with Crippen molar-refractivity contribution in [2.24, 2.45) is 7.05 Å². The van der Waals surface area contributed by atoms with E-state index in [9.17, 15) is 4.79 Å². The molecule has 1 amide bonds. The Morgan fingerprint density at radius 2 is 1.97 bits per heavy atom. The van der Waals surface area contributed by atoms with Crippen molar-refractivity contribution >= 4 is 34.4 Å².